The van der Waals surface area contributed by atoms with E-state index in [1.807, 2.05) is 4.90 Å². The molecule has 0 bridgehead atoms. The minimum Gasteiger partial charge on any atom is -0.488 e. The Balaban J connectivity index is 2.06. The van der Waals surface area contributed by atoms with Gasteiger partial charge in [-0.2, -0.15) is 0 Å². The zero-order valence-corrected chi connectivity index (χ0v) is 13.7. The first-order valence-electron chi connectivity index (χ1n) is 7.74. The van der Waals surface area contributed by atoms with Crippen molar-refractivity contribution < 1.29 is 23.4 Å². The van der Waals surface area contributed by atoms with Crippen LogP contribution in [0.2, 0.25) is 0 Å². The highest BCUT2D eigenvalue weighted by molar-refractivity contribution is 5.53. The molecule has 5 nitrogen and oxygen atoms in total. The van der Waals surface area contributed by atoms with E-state index in [1.54, 1.807) is 6.92 Å². The second-order valence-corrected chi connectivity index (χ2v) is 6.16. The summed E-state index contributed by atoms with van der Waals surface area (Å²) in [7, 11) is 0. The Labute approximate surface area is 135 Å². The number of anilines is 1. The summed E-state index contributed by atoms with van der Waals surface area (Å²) in [6, 6.07) is 2.22. The van der Waals surface area contributed by atoms with Gasteiger partial charge >= 0.3 is 0 Å². The number of nitrogens with one attached hydrogen (secondary N) is 1. The summed E-state index contributed by atoms with van der Waals surface area (Å²) in [6.45, 7) is 7.58. The van der Waals surface area contributed by atoms with Gasteiger partial charge < -0.3 is 24.8 Å². The molecule has 1 aliphatic heterocycles. The van der Waals surface area contributed by atoms with E-state index in [0.29, 0.717) is 18.8 Å². The molecule has 0 amide bonds. The van der Waals surface area contributed by atoms with Crippen LogP contribution in [0.25, 0.3) is 0 Å². The number of halogens is 2. The molecule has 0 aromatic heterocycles. The fourth-order valence-electron chi connectivity index (χ4n) is 2.51. The molecule has 0 saturated carbocycles. The minimum atomic E-state index is -1.30. The van der Waals surface area contributed by atoms with E-state index in [9.17, 15) is 13.9 Å². The number of ether oxygens (including phenoxy) is 2. The highest BCUT2D eigenvalue weighted by Crippen LogP contribution is 2.28. The van der Waals surface area contributed by atoms with Gasteiger partial charge in [0.25, 0.3) is 0 Å². The fraction of sp³-hybridized carbons (Fsp3) is 0.625. The normalized spacial score (nSPS) is 17.2. The predicted octanol–water partition coefficient (Wildman–Crippen LogP) is 1.89. The molecule has 0 aliphatic carbocycles. The molecular weight excluding hydrogens is 306 g/mol. The van der Waals surface area contributed by atoms with Gasteiger partial charge in [0, 0.05) is 38.3 Å². The van der Waals surface area contributed by atoms with Crippen molar-refractivity contribution >= 4 is 5.69 Å². The average Bonchev–Trinajstić information content (AvgIpc) is 2.45. The Kier molecular flexibility index (Phi) is 5.78. The summed E-state index contributed by atoms with van der Waals surface area (Å²) in [5.41, 5.74) is 0.332. The van der Waals surface area contributed by atoms with E-state index >= 15 is 0 Å². The van der Waals surface area contributed by atoms with Crippen molar-refractivity contribution in [2.75, 3.05) is 37.7 Å². The van der Waals surface area contributed by atoms with Gasteiger partial charge in [0.2, 0.25) is 0 Å². The molecule has 2 rings (SSSR count). The highest BCUT2D eigenvalue weighted by atomic mass is 19.1. The molecule has 2 N–H and O–H groups in total. The summed E-state index contributed by atoms with van der Waals surface area (Å²) in [6.07, 6.45) is -0.443. The van der Waals surface area contributed by atoms with Crippen LogP contribution in [0.4, 0.5) is 14.5 Å². The number of hydrogen-bond acceptors (Lipinski definition) is 5. The smallest absolute Gasteiger partial charge is 0.168 e. The quantitative estimate of drug-likeness (QED) is 0.780. The highest BCUT2D eigenvalue weighted by Gasteiger charge is 2.20. The van der Waals surface area contributed by atoms with Crippen molar-refractivity contribution in [3.63, 3.8) is 0 Å². The lowest BCUT2D eigenvalue weighted by molar-refractivity contribution is -0.206. The molecule has 1 heterocycles. The van der Waals surface area contributed by atoms with Crippen molar-refractivity contribution in [2.24, 2.45) is 0 Å². The molecule has 23 heavy (non-hydrogen) atoms. The number of rotatable bonds is 6. The molecule has 0 unspecified atom stereocenters. The number of nitrogens with zero attached hydrogens (tertiary/aromatic N) is 1. The largest absolute Gasteiger partial charge is 0.488 e. The molecule has 130 valence electrons. The third-order valence-corrected chi connectivity index (χ3v) is 3.42. The zero-order valence-electron chi connectivity index (χ0n) is 13.7. The molecule has 1 aliphatic rings. The van der Waals surface area contributed by atoms with E-state index in [1.165, 1.54) is 19.9 Å². The van der Waals surface area contributed by atoms with E-state index < -0.39 is 23.5 Å². The minimum absolute atomic E-state index is 0.0221. The van der Waals surface area contributed by atoms with Crippen LogP contribution >= 0.6 is 0 Å². The first-order chi connectivity index (χ1) is 10.8. The maximum absolute atomic E-state index is 14.0. The molecule has 1 aromatic carbocycles. The van der Waals surface area contributed by atoms with Crippen LogP contribution in [-0.2, 0) is 4.74 Å². The van der Waals surface area contributed by atoms with Gasteiger partial charge in [-0.25, -0.2) is 8.78 Å². The molecular formula is C16H24F2N2O3. The van der Waals surface area contributed by atoms with Crippen LogP contribution in [0.15, 0.2) is 12.1 Å². The van der Waals surface area contributed by atoms with Crippen LogP contribution < -0.4 is 15.0 Å². The number of aliphatic hydroxyl groups is 1. The van der Waals surface area contributed by atoms with E-state index in [2.05, 4.69) is 5.32 Å². The summed E-state index contributed by atoms with van der Waals surface area (Å²) in [4.78, 5) is 1.86. The van der Waals surface area contributed by atoms with Gasteiger partial charge in [0.15, 0.2) is 17.4 Å². The maximum Gasteiger partial charge on any atom is 0.168 e. The maximum atomic E-state index is 14.0. The Morgan fingerprint density at radius 3 is 2.52 bits per heavy atom. The van der Waals surface area contributed by atoms with Crippen LogP contribution in [0.3, 0.4) is 0 Å². The Bertz CT molecular complexity index is 529. The van der Waals surface area contributed by atoms with Gasteiger partial charge in [-0.15, -0.1) is 0 Å². The zero-order chi connectivity index (χ0) is 17.0. The molecule has 1 atom stereocenters. The van der Waals surface area contributed by atoms with Gasteiger partial charge in [-0.1, -0.05) is 0 Å². The van der Waals surface area contributed by atoms with Gasteiger partial charge in [0.1, 0.15) is 12.4 Å². The van der Waals surface area contributed by atoms with Crippen LogP contribution in [0, 0.1) is 11.6 Å². The first kappa shape index (κ1) is 17.9. The SMILES string of the molecule is C[C@H](COc1cc(N2CCNCC2)c(F)cc1F)OC(C)(C)O. The lowest BCUT2D eigenvalue weighted by Gasteiger charge is -2.30. The summed E-state index contributed by atoms with van der Waals surface area (Å²) < 4.78 is 38.6. The number of benzene rings is 1. The van der Waals surface area contributed by atoms with Crippen molar-refractivity contribution in [1.29, 1.82) is 0 Å². The van der Waals surface area contributed by atoms with Crippen LogP contribution in [-0.4, -0.2) is 49.8 Å². The molecule has 1 fully saturated rings. The average molecular weight is 330 g/mol. The third-order valence-electron chi connectivity index (χ3n) is 3.42. The second kappa shape index (κ2) is 7.42. The molecule has 1 saturated heterocycles. The Morgan fingerprint density at radius 1 is 1.26 bits per heavy atom. The van der Waals surface area contributed by atoms with Crippen LogP contribution in [0.1, 0.15) is 20.8 Å². The van der Waals surface area contributed by atoms with Crippen molar-refractivity contribution in [3.05, 3.63) is 23.8 Å². The second-order valence-electron chi connectivity index (χ2n) is 6.16. The van der Waals surface area contributed by atoms with Gasteiger partial charge in [0.05, 0.1) is 11.8 Å². The Morgan fingerprint density at radius 2 is 1.91 bits per heavy atom. The van der Waals surface area contributed by atoms with E-state index in [-0.39, 0.29) is 12.4 Å². The monoisotopic (exact) mass is 330 g/mol. The van der Waals surface area contributed by atoms with Crippen molar-refractivity contribution in [3.8, 4) is 5.75 Å². The summed E-state index contributed by atoms with van der Waals surface area (Å²) >= 11 is 0. The lowest BCUT2D eigenvalue weighted by atomic mass is 10.2. The molecule has 7 heteroatoms. The predicted molar refractivity (Wildman–Crippen MR) is 83.8 cm³/mol. The topological polar surface area (TPSA) is 54.0 Å². The van der Waals surface area contributed by atoms with E-state index in [0.717, 1.165) is 19.2 Å². The third kappa shape index (κ3) is 5.30. The molecule has 1 aromatic rings. The molecule has 0 radical (unpaired) electrons. The van der Waals surface area contributed by atoms with Gasteiger partial charge in [-0.05, 0) is 20.8 Å². The lowest BCUT2D eigenvalue weighted by Crippen LogP contribution is -2.43. The van der Waals surface area contributed by atoms with Crippen LogP contribution in [0.5, 0.6) is 5.75 Å². The summed E-state index contributed by atoms with van der Waals surface area (Å²) in [5.74, 6) is -2.67. The van der Waals surface area contributed by atoms with Crippen molar-refractivity contribution in [2.45, 2.75) is 32.7 Å². The van der Waals surface area contributed by atoms with E-state index in [4.69, 9.17) is 9.47 Å². The molecule has 0 spiro atoms. The van der Waals surface area contributed by atoms with Gasteiger partial charge in [-0.3, -0.25) is 0 Å². The summed E-state index contributed by atoms with van der Waals surface area (Å²) in [5, 5.41) is 12.8. The van der Waals surface area contributed by atoms with Crippen molar-refractivity contribution in [1.82, 2.24) is 5.32 Å². The standard InChI is InChI=1S/C16H24F2N2O3/c1-11(23-16(2,3)21)10-22-15-9-14(12(17)8-13(15)18)20-6-4-19-5-7-20/h8-9,11,19,21H,4-7,10H2,1-3H3/t11-/m1/s1. The fourth-order valence-corrected chi connectivity index (χ4v) is 2.51. The number of piperazine rings is 1. The first-order valence-corrected chi connectivity index (χ1v) is 7.74. The number of hydrogen-bond donors (Lipinski definition) is 2. The Hall–Kier alpha value is -1.44.